The minimum atomic E-state index is -0.711. The third kappa shape index (κ3) is 6.67. The van der Waals surface area contributed by atoms with E-state index in [1.165, 1.54) is 31.6 Å². The Bertz CT molecular complexity index is 1380. The first-order valence-corrected chi connectivity index (χ1v) is 12.8. The number of aromatic nitrogens is 2. The highest BCUT2D eigenvalue weighted by molar-refractivity contribution is 6.16. The molecular weight excluding hydrogens is 516 g/mol. The molecule has 1 aliphatic heterocycles. The van der Waals surface area contributed by atoms with Gasteiger partial charge in [-0.3, -0.25) is 15.5 Å². The molecule has 1 saturated heterocycles. The van der Waals surface area contributed by atoms with Gasteiger partial charge in [0.05, 0.1) is 16.8 Å². The molecule has 4 rings (SSSR count). The minimum Gasteiger partial charge on any atom is -0.383 e. The summed E-state index contributed by atoms with van der Waals surface area (Å²) in [5.41, 5.74) is 8.05. The Morgan fingerprint density at radius 2 is 1.95 bits per heavy atom. The van der Waals surface area contributed by atoms with Crippen LogP contribution in [-0.2, 0) is 16.1 Å². The van der Waals surface area contributed by atoms with Crippen molar-refractivity contribution >= 4 is 23.3 Å². The van der Waals surface area contributed by atoms with E-state index in [1.54, 1.807) is 17.0 Å². The van der Waals surface area contributed by atoms with Crippen LogP contribution in [-0.4, -0.2) is 52.2 Å². The quantitative estimate of drug-likeness (QED) is 0.170. The molecule has 3 aromatic rings. The first-order chi connectivity index (χ1) is 19.1. The summed E-state index contributed by atoms with van der Waals surface area (Å²) in [6.45, 7) is 7.06. The number of likely N-dealkylation sites (tertiary alicyclic amines) is 1. The van der Waals surface area contributed by atoms with Crippen molar-refractivity contribution in [2.75, 3.05) is 31.2 Å². The Hall–Kier alpha value is -4.22. The van der Waals surface area contributed by atoms with Crippen LogP contribution in [0.15, 0.2) is 61.4 Å². The lowest BCUT2D eigenvalue weighted by Crippen LogP contribution is -2.52. The summed E-state index contributed by atoms with van der Waals surface area (Å²) in [4.78, 5) is 22.4. The number of ether oxygens (including phenoxy) is 1. The van der Waals surface area contributed by atoms with Gasteiger partial charge in [-0.05, 0) is 43.5 Å². The number of benzene rings is 2. The van der Waals surface area contributed by atoms with Gasteiger partial charge in [0.2, 0.25) is 5.91 Å². The standard InChI is InChI=1S/C29H33F2N7O2/c1-4-23(39)38-11-5-10-29(2,16-38)37-27-24(26(33)35-17-36-27)25(32)19-8-6-18(7-9-19)15-34-28(40-3)20-12-21(30)14-22(31)13-20/h4,6-9,12-14,17,28,32,34H,1,5,10-11,15-16H2,2-3H3,(H3,33,35,36,37). The molecule has 0 spiro atoms. The second kappa shape index (κ2) is 12.3. The molecule has 2 aromatic carbocycles. The lowest BCUT2D eigenvalue weighted by molar-refractivity contribution is -0.127. The van der Waals surface area contributed by atoms with Crippen molar-refractivity contribution in [3.05, 3.63) is 95.3 Å². The van der Waals surface area contributed by atoms with E-state index >= 15 is 0 Å². The molecular formula is C29H33F2N7O2. The SMILES string of the molecule is C=CC(=O)N1CCCC(C)(Nc2ncnc(N)c2C(=N)c2ccc(CNC(OC)c3cc(F)cc(F)c3)cc2)C1. The number of carbonyl (C=O) groups excluding carboxylic acids is 1. The molecule has 9 nitrogen and oxygen atoms in total. The number of halogens is 2. The third-order valence-electron chi connectivity index (χ3n) is 6.89. The number of rotatable bonds is 10. The van der Waals surface area contributed by atoms with Crippen molar-refractivity contribution < 1.29 is 18.3 Å². The number of amides is 1. The Kier molecular flexibility index (Phi) is 8.86. The summed E-state index contributed by atoms with van der Waals surface area (Å²) in [6, 6.07) is 10.5. The third-order valence-corrected chi connectivity index (χ3v) is 6.89. The van der Waals surface area contributed by atoms with E-state index in [0.717, 1.165) is 24.5 Å². The minimum absolute atomic E-state index is 0.127. The number of anilines is 2. The van der Waals surface area contributed by atoms with E-state index in [1.807, 2.05) is 19.1 Å². The van der Waals surface area contributed by atoms with Gasteiger partial charge in [0.25, 0.3) is 0 Å². The van der Waals surface area contributed by atoms with Gasteiger partial charge in [0.15, 0.2) is 0 Å². The maximum atomic E-state index is 13.6. The predicted molar refractivity (Wildman–Crippen MR) is 150 cm³/mol. The number of nitrogens with one attached hydrogen (secondary N) is 3. The molecule has 40 heavy (non-hydrogen) atoms. The lowest BCUT2D eigenvalue weighted by atomic mass is 9.90. The predicted octanol–water partition coefficient (Wildman–Crippen LogP) is 4.17. The fourth-order valence-corrected chi connectivity index (χ4v) is 4.89. The Balaban J connectivity index is 1.48. The van der Waals surface area contributed by atoms with Gasteiger partial charge in [-0.2, -0.15) is 0 Å². The molecule has 210 valence electrons. The highest BCUT2D eigenvalue weighted by Gasteiger charge is 2.34. The van der Waals surface area contributed by atoms with E-state index in [4.69, 9.17) is 15.9 Å². The molecule has 11 heteroatoms. The zero-order chi connectivity index (χ0) is 28.9. The number of nitrogens with two attached hydrogens (primary N) is 1. The van der Waals surface area contributed by atoms with Gasteiger partial charge < -0.3 is 20.7 Å². The number of hydrogen-bond acceptors (Lipinski definition) is 8. The van der Waals surface area contributed by atoms with Crippen LogP contribution in [0, 0.1) is 17.0 Å². The number of carbonyl (C=O) groups is 1. The average Bonchev–Trinajstić information content (AvgIpc) is 2.92. The molecule has 2 unspecified atom stereocenters. The molecule has 1 fully saturated rings. The smallest absolute Gasteiger partial charge is 0.246 e. The molecule has 1 aliphatic rings. The van der Waals surface area contributed by atoms with Gasteiger partial charge in [0, 0.05) is 43.9 Å². The highest BCUT2D eigenvalue weighted by Crippen LogP contribution is 2.29. The van der Waals surface area contributed by atoms with E-state index in [-0.39, 0.29) is 17.4 Å². The highest BCUT2D eigenvalue weighted by atomic mass is 19.1. The van der Waals surface area contributed by atoms with Gasteiger partial charge in [-0.25, -0.2) is 18.7 Å². The van der Waals surface area contributed by atoms with Crippen molar-refractivity contribution in [1.82, 2.24) is 20.2 Å². The molecule has 1 amide bonds. The molecule has 0 bridgehead atoms. The van der Waals surface area contributed by atoms with Crippen LogP contribution in [0.25, 0.3) is 0 Å². The molecule has 0 radical (unpaired) electrons. The number of methoxy groups -OCH3 is 1. The largest absolute Gasteiger partial charge is 0.383 e. The summed E-state index contributed by atoms with van der Waals surface area (Å²) in [7, 11) is 1.45. The average molecular weight is 550 g/mol. The zero-order valence-electron chi connectivity index (χ0n) is 22.5. The van der Waals surface area contributed by atoms with Crippen LogP contribution >= 0.6 is 0 Å². The van der Waals surface area contributed by atoms with Gasteiger partial charge in [-0.1, -0.05) is 30.8 Å². The van der Waals surface area contributed by atoms with Crippen LogP contribution < -0.4 is 16.4 Å². The Morgan fingerprint density at radius 1 is 1.25 bits per heavy atom. The summed E-state index contributed by atoms with van der Waals surface area (Å²) < 4.78 is 32.6. The number of nitrogens with zero attached hydrogens (tertiary/aromatic N) is 3. The lowest BCUT2D eigenvalue weighted by Gasteiger charge is -2.41. The second-order valence-electron chi connectivity index (χ2n) is 10.0. The van der Waals surface area contributed by atoms with Crippen molar-refractivity contribution in [2.24, 2.45) is 0 Å². The van der Waals surface area contributed by atoms with Gasteiger partial charge in [-0.15, -0.1) is 0 Å². The fourth-order valence-electron chi connectivity index (χ4n) is 4.89. The van der Waals surface area contributed by atoms with Gasteiger partial charge in [0.1, 0.15) is 35.8 Å². The monoisotopic (exact) mass is 549 g/mol. The van der Waals surface area contributed by atoms with Gasteiger partial charge >= 0.3 is 0 Å². The van der Waals surface area contributed by atoms with Crippen molar-refractivity contribution in [1.29, 1.82) is 5.41 Å². The topological polar surface area (TPSA) is 129 Å². The van der Waals surface area contributed by atoms with Crippen molar-refractivity contribution in [2.45, 2.75) is 38.1 Å². The maximum Gasteiger partial charge on any atom is 0.246 e. The van der Waals surface area contributed by atoms with Crippen LogP contribution in [0.2, 0.25) is 0 Å². The van der Waals surface area contributed by atoms with Crippen LogP contribution in [0.4, 0.5) is 20.4 Å². The second-order valence-corrected chi connectivity index (χ2v) is 10.0. The Labute approximate surface area is 232 Å². The van der Waals surface area contributed by atoms with Crippen LogP contribution in [0.3, 0.4) is 0 Å². The van der Waals surface area contributed by atoms with E-state index in [9.17, 15) is 13.6 Å². The van der Waals surface area contributed by atoms with Crippen LogP contribution in [0.1, 0.15) is 48.2 Å². The molecule has 2 atom stereocenters. The molecule has 0 saturated carbocycles. The first-order valence-electron chi connectivity index (χ1n) is 12.8. The molecule has 2 heterocycles. The number of piperidine rings is 1. The number of hydrogen-bond donors (Lipinski definition) is 4. The normalized spacial score (nSPS) is 17.8. The number of nitrogen functional groups attached to an aromatic ring is 1. The maximum absolute atomic E-state index is 13.6. The molecule has 5 N–H and O–H groups in total. The summed E-state index contributed by atoms with van der Waals surface area (Å²) >= 11 is 0. The van der Waals surface area contributed by atoms with Crippen molar-refractivity contribution in [3.8, 4) is 0 Å². The molecule has 0 aliphatic carbocycles. The summed E-state index contributed by atoms with van der Waals surface area (Å²) in [5, 5.41) is 15.5. The summed E-state index contributed by atoms with van der Waals surface area (Å²) in [6.07, 6.45) is 3.56. The van der Waals surface area contributed by atoms with Crippen LogP contribution in [0.5, 0.6) is 0 Å². The summed E-state index contributed by atoms with van der Waals surface area (Å²) in [5.74, 6) is -0.905. The van der Waals surface area contributed by atoms with E-state index in [0.29, 0.717) is 42.1 Å². The zero-order valence-corrected chi connectivity index (χ0v) is 22.5. The van der Waals surface area contributed by atoms with Crippen molar-refractivity contribution in [3.63, 3.8) is 0 Å². The first kappa shape index (κ1) is 28.8. The molecule has 1 aromatic heterocycles. The fraction of sp³-hybridized carbons (Fsp3) is 0.310. The Morgan fingerprint density at radius 3 is 2.60 bits per heavy atom. The van der Waals surface area contributed by atoms with E-state index in [2.05, 4.69) is 27.2 Å². The van der Waals surface area contributed by atoms with E-state index < -0.39 is 23.4 Å².